The molecular weight excluding hydrogens is 418 g/mol. The number of fused-ring (bicyclic) bond motifs is 2. The van der Waals surface area contributed by atoms with E-state index in [0.717, 1.165) is 11.1 Å². The van der Waals surface area contributed by atoms with E-state index in [1.54, 1.807) is 12.1 Å². The summed E-state index contributed by atoms with van der Waals surface area (Å²) < 4.78 is 18.3. The molecule has 0 aromatic heterocycles. The summed E-state index contributed by atoms with van der Waals surface area (Å²) in [6.45, 7) is 4.89. The Labute approximate surface area is 194 Å². The lowest BCUT2D eigenvalue weighted by molar-refractivity contribution is -0.153. The van der Waals surface area contributed by atoms with Crippen molar-refractivity contribution in [3.05, 3.63) is 77.6 Å². The maximum atomic E-state index is 13.8. The highest BCUT2D eigenvalue weighted by atomic mass is 16.7. The summed E-state index contributed by atoms with van der Waals surface area (Å²) in [5, 5.41) is 0. The molecule has 0 spiro atoms. The summed E-state index contributed by atoms with van der Waals surface area (Å²) in [5.41, 5.74) is 2.58. The van der Waals surface area contributed by atoms with Gasteiger partial charge in [0.15, 0.2) is 6.29 Å². The van der Waals surface area contributed by atoms with Crippen molar-refractivity contribution in [1.82, 2.24) is 0 Å². The number of hydrogen-bond donors (Lipinski definition) is 0. The van der Waals surface area contributed by atoms with Crippen LogP contribution in [0.3, 0.4) is 0 Å². The van der Waals surface area contributed by atoms with Gasteiger partial charge in [0.25, 0.3) is 0 Å². The molecule has 0 unspecified atom stereocenters. The number of amides is 2. The van der Waals surface area contributed by atoms with Gasteiger partial charge in [0.05, 0.1) is 17.5 Å². The second kappa shape index (κ2) is 9.12. The summed E-state index contributed by atoms with van der Waals surface area (Å²) in [7, 11) is 0. The molecule has 0 radical (unpaired) electrons. The lowest BCUT2D eigenvalue weighted by Gasteiger charge is -2.42. The monoisotopic (exact) mass is 447 g/mol. The van der Waals surface area contributed by atoms with Gasteiger partial charge in [0, 0.05) is 25.6 Å². The fraction of sp³-hybridized carbons (Fsp3) is 0.407. The minimum absolute atomic E-state index is 0.0882. The first-order chi connectivity index (χ1) is 16.1. The molecule has 2 aromatic rings. The number of para-hydroxylation sites is 1. The van der Waals surface area contributed by atoms with E-state index in [2.05, 4.69) is 12.1 Å². The Morgan fingerprint density at radius 2 is 1.55 bits per heavy atom. The highest BCUT2D eigenvalue weighted by molar-refractivity contribution is 6.23. The van der Waals surface area contributed by atoms with Crippen LogP contribution >= 0.6 is 0 Å². The topological polar surface area (TPSA) is 65.1 Å². The van der Waals surface area contributed by atoms with Gasteiger partial charge in [-0.05, 0) is 43.5 Å². The van der Waals surface area contributed by atoms with Gasteiger partial charge in [0.1, 0.15) is 11.9 Å². The first-order valence-electron chi connectivity index (χ1n) is 11.8. The van der Waals surface area contributed by atoms with E-state index < -0.39 is 18.1 Å². The maximum absolute atomic E-state index is 13.8. The van der Waals surface area contributed by atoms with Crippen molar-refractivity contribution in [3.8, 4) is 0 Å². The van der Waals surface area contributed by atoms with Crippen molar-refractivity contribution < 1.29 is 23.8 Å². The third kappa shape index (κ3) is 3.77. The number of rotatable bonds is 6. The Kier molecular flexibility index (Phi) is 6.04. The maximum Gasteiger partial charge on any atom is 0.241 e. The van der Waals surface area contributed by atoms with Crippen LogP contribution in [-0.4, -0.2) is 37.4 Å². The Morgan fingerprint density at radius 3 is 2.21 bits per heavy atom. The Morgan fingerprint density at radius 1 is 0.879 bits per heavy atom. The van der Waals surface area contributed by atoms with E-state index >= 15 is 0 Å². The first-order valence-corrected chi connectivity index (χ1v) is 11.8. The lowest BCUT2D eigenvalue weighted by atomic mass is 9.69. The summed E-state index contributed by atoms with van der Waals surface area (Å²) in [4.78, 5) is 28.7. The fourth-order valence-electron chi connectivity index (χ4n) is 5.50. The molecule has 2 aromatic carbocycles. The molecule has 0 N–H and O–H groups in total. The molecule has 6 nitrogen and oxygen atoms in total. The van der Waals surface area contributed by atoms with Gasteiger partial charge in [-0.3, -0.25) is 9.59 Å². The molecule has 172 valence electrons. The van der Waals surface area contributed by atoms with E-state index in [4.69, 9.17) is 14.2 Å². The van der Waals surface area contributed by atoms with Crippen molar-refractivity contribution in [2.45, 2.75) is 45.0 Å². The molecule has 2 amide bonds. The molecule has 6 heteroatoms. The predicted octanol–water partition coefficient (Wildman–Crippen LogP) is 4.42. The van der Waals surface area contributed by atoms with Crippen LogP contribution in [0.25, 0.3) is 0 Å². The van der Waals surface area contributed by atoms with Gasteiger partial charge in [0.2, 0.25) is 11.8 Å². The van der Waals surface area contributed by atoms with Gasteiger partial charge in [-0.15, -0.1) is 0 Å². The molecule has 1 fully saturated rings. The van der Waals surface area contributed by atoms with E-state index in [1.165, 1.54) is 4.90 Å². The third-order valence-corrected chi connectivity index (χ3v) is 6.81. The second-order valence-electron chi connectivity index (χ2n) is 8.63. The summed E-state index contributed by atoms with van der Waals surface area (Å²) in [5.74, 6) is -0.782. The number of carbonyl (C=O) groups excluding carboxylic acids is 2. The Balaban J connectivity index is 1.64. The van der Waals surface area contributed by atoms with Gasteiger partial charge in [-0.2, -0.15) is 0 Å². The van der Waals surface area contributed by atoms with Gasteiger partial charge < -0.3 is 14.2 Å². The van der Waals surface area contributed by atoms with Crippen LogP contribution in [0.15, 0.2) is 72.0 Å². The Bertz CT molecular complexity index is 1050. The van der Waals surface area contributed by atoms with Gasteiger partial charge in [-0.25, -0.2) is 4.90 Å². The molecular formula is C27H29NO5. The number of imide groups is 1. The van der Waals surface area contributed by atoms with Crippen molar-refractivity contribution in [2.75, 3.05) is 18.1 Å². The number of hydrogen-bond acceptors (Lipinski definition) is 5. The largest absolute Gasteiger partial charge is 0.466 e. The summed E-state index contributed by atoms with van der Waals surface area (Å²) >= 11 is 0. The highest BCUT2D eigenvalue weighted by Crippen LogP contribution is 2.52. The average molecular weight is 448 g/mol. The quantitative estimate of drug-likeness (QED) is 0.614. The van der Waals surface area contributed by atoms with Crippen LogP contribution in [0.1, 0.15) is 38.2 Å². The van der Waals surface area contributed by atoms with E-state index in [0.29, 0.717) is 37.5 Å². The molecule has 33 heavy (non-hydrogen) atoms. The van der Waals surface area contributed by atoms with E-state index in [1.807, 2.05) is 50.2 Å². The van der Waals surface area contributed by atoms with Crippen molar-refractivity contribution in [3.63, 3.8) is 0 Å². The number of carbonyl (C=O) groups is 2. The average Bonchev–Trinajstić information content (AvgIpc) is 3.09. The normalized spacial score (nSPS) is 29.0. The molecule has 0 bridgehead atoms. The number of nitrogens with zero attached hydrogens (tertiary/aromatic N) is 1. The number of ether oxygens (including phenoxy) is 3. The van der Waals surface area contributed by atoms with Crippen molar-refractivity contribution in [1.29, 1.82) is 0 Å². The van der Waals surface area contributed by atoms with Crippen molar-refractivity contribution >= 4 is 17.5 Å². The summed E-state index contributed by atoms with van der Waals surface area (Å²) in [6, 6.07) is 19.3. The Hall–Kier alpha value is -2.96. The van der Waals surface area contributed by atoms with Crippen LogP contribution < -0.4 is 4.90 Å². The van der Waals surface area contributed by atoms with Gasteiger partial charge in [-0.1, -0.05) is 48.5 Å². The molecule has 2 aliphatic heterocycles. The molecule has 3 aliphatic rings. The van der Waals surface area contributed by atoms with Crippen LogP contribution in [-0.2, 0) is 23.8 Å². The zero-order chi connectivity index (χ0) is 22.9. The molecule has 1 saturated heterocycles. The zero-order valence-corrected chi connectivity index (χ0v) is 19.0. The number of anilines is 1. The van der Waals surface area contributed by atoms with Crippen LogP contribution in [0.2, 0.25) is 0 Å². The third-order valence-electron chi connectivity index (χ3n) is 6.81. The highest BCUT2D eigenvalue weighted by Gasteiger charge is 2.57. The lowest BCUT2D eigenvalue weighted by Crippen LogP contribution is -2.42. The SMILES string of the molecule is CCO[C@H]1C[C@H](c2ccccc2)C2=C(O1)[C@H](OCC)C[C@@H]1C(=O)N(c3ccccc3)C(=O)[C@H]21. The van der Waals surface area contributed by atoms with Gasteiger partial charge >= 0.3 is 0 Å². The molecule has 2 heterocycles. The summed E-state index contributed by atoms with van der Waals surface area (Å²) in [6.07, 6.45) is 0.209. The zero-order valence-electron chi connectivity index (χ0n) is 19.0. The van der Waals surface area contributed by atoms with Crippen molar-refractivity contribution in [2.24, 2.45) is 11.8 Å². The van der Waals surface area contributed by atoms with Crippen LogP contribution in [0.4, 0.5) is 5.69 Å². The van der Waals surface area contributed by atoms with Crippen LogP contribution in [0.5, 0.6) is 0 Å². The number of benzene rings is 2. The minimum atomic E-state index is -0.558. The van der Waals surface area contributed by atoms with E-state index in [-0.39, 0.29) is 23.8 Å². The molecule has 1 aliphatic carbocycles. The minimum Gasteiger partial charge on any atom is -0.466 e. The standard InChI is InChI=1S/C27H29NO5/c1-3-31-21-15-20-24(27(30)28(26(20)29)18-13-9-6-10-14-18)23-19(17-11-7-5-8-12-17)16-22(32-4-2)33-25(21)23/h5-14,19-22,24H,3-4,15-16H2,1-2H3/t19-,20+,21-,22-,24+/m1/s1. The molecule has 0 saturated carbocycles. The van der Waals surface area contributed by atoms with Crippen LogP contribution in [0, 0.1) is 11.8 Å². The van der Waals surface area contributed by atoms with E-state index in [9.17, 15) is 9.59 Å². The molecule has 5 rings (SSSR count). The first kappa shape index (κ1) is 21.9. The molecule has 5 atom stereocenters. The smallest absolute Gasteiger partial charge is 0.241 e. The predicted molar refractivity (Wildman–Crippen MR) is 123 cm³/mol. The fourth-order valence-corrected chi connectivity index (χ4v) is 5.50. The second-order valence-corrected chi connectivity index (χ2v) is 8.63.